The van der Waals surface area contributed by atoms with E-state index in [9.17, 15) is 19.8 Å². The van der Waals surface area contributed by atoms with Crippen molar-refractivity contribution in [1.82, 2.24) is 10.2 Å². The number of halogens is 1. The van der Waals surface area contributed by atoms with E-state index in [-0.39, 0.29) is 23.8 Å². The fourth-order valence-electron chi connectivity index (χ4n) is 3.51. The number of carbonyl (C=O) groups excluding carboxylic acids is 1. The molecule has 0 saturated carbocycles. The van der Waals surface area contributed by atoms with Crippen molar-refractivity contribution in [3.05, 3.63) is 88.3 Å². The monoisotopic (exact) mass is 482 g/mol. The van der Waals surface area contributed by atoms with Gasteiger partial charge in [0.1, 0.15) is 23.3 Å². The highest BCUT2D eigenvalue weighted by atomic mass is 35.5. The fourth-order valence-corrected chi connectivity index (χ4v) is 4.08. The first-order valence-electron chi connectivity index (χ1n) is 10.00. The van der Waals surface area contributed by atoms with Crippen LogP contribution in [0.25, 0.3) is 17.4 Å². The third kappa shape index (κ3) is 4.83. The topological polar surface area (TPSA) is 103 Å². The summed E-state index contributed by atoms with van der Waals surface area (Å²) in [7, 11) is 0. The highest BCUT2D eigenvalue weighted by Gasteiger charge is 2.39. The molecule has 0 spiro atoms. The Morgan fingerprint density at radius 3 is 2.61 bits per heavy atom. The first-order valence-corrected chi connectivity index (χ1v) is 10.8. The number of amides is 1. The van der Waals surface area contributed by atoms with Crippen LogP contribution in [0.2, 0.25) is 5.02 Å². The second kappa shape index (κ2) is 9.58. The predicted octanol–water partition coefficient (Wildman–Crippen LogP) is 3.85. The SMILES string of the molecule is O=C(O)[C@H](Cc1ccccc1)N1C(=O)C(=Cc2ccc(-c3ccc(CO)c(Cl)c3)o2)NC1=S. The molecule has 2 heterocycles. The van der Waals surface area contributed by atoms with E-state index in [1.165, 1.54) is 6.08 Å². The van der Waals surface area contributed by atoms with Gasteiger partial charge in [0.15, 0.2) is 5.11 Å². The molecule has 3 aromatic rings. The van der Waals surface area contributed by atoms with E-state index in [0.29, 0.717) is 27.7 Å². The lowest BCUT2D eigenvalue weighted by molar-refractivity contribution is -0.145. The summed E-state index contributed by atoms with van der Waals surface area (Å²) in [5.41, 5.74) is 2.21. The van der Waals surface area contributed by atoms with E-state index < -0.39 is 17.9 Å². The maximum Gasteiger partial charge on any atom is 0.327 e. The average Bonchev–Trinajstić information content (AvgIpc) is 3.37. The molecule has 1 amide bonds. The Kier molecular flexibility index (Phi) is 6.60. The van der Waals surface area contributed by atoms with Crippen molar-refractivity contribution < 1.29 is 24.2 Å². The van der Waals surface area contributed by atoms with Crippen molar-refractivity contribution >= 4 is 46.9 Å². The van der Waals surface area contributed by atoms with Crippen LogP contribution in [0.5, 0.6) is 0 Å². The molecule has 1 saturated heterocycles. The summed E-state index contributed by atoms with van der Waals surface area (Å²) in [5.74, 6) is -0.800. The molecule has 1 aliphatic rings. The maximum atomic E-state index is 13.0. The summed E-state index contributed by atoms with van der Waals surface area (Å²) in [6.45, 7) is -0.166. The lowest BCUT2D eigenvalue weighted by Gasteiger charge is -2.22. The number of benzene rings is 2. The number of rotatable bonds is 7. The fraction of sp³-hybridized carbons (Fsp3) is 0.125. The molecule has 2 aromatic carbocycles. The van der Waals surface area contributed by atoms with Gasteiger partial charge in [0.05, 0.1) is 6.61 Å². The molecule has 9 heteroatoms. The Bertz CT molecular complexity index is 1250. The number of aliphatic hydroxyl groups is 1. The van der Waals surface area contributed by atoms with E-state index in [1.807, 2.05) is 6.07 Å². The zero-order valence-corrected chi connectivity index (χ0v) is 18.8. The molecular formula is C24H19ClN2O5S. The summed E-state index contributed by atoms with van der Waals surface area (Å²) in [6.07, 6.45) is 1.59. The van der Waals surface area contributed by atoms with Crippen LogP contribution in [0.15, 0.2) is 70.8 Å². The Hall–Kier alpha value is -3.46. The molecule has 3 N–H and O–H groups in total. The molecule has 33 heavy (non-hydrogen) atoms. The zero-order valence-electron chi connectivity index (χ0n) is 17.2. The van der Waals surface area contributed by atoms with Crippen LogP contribution in [-0.4, -0.2) is 38.1 Å². The van der Waals surface area contributed by atoms with Gasteiger partial charge in [0.25, 0.3) is 5.91 Å². The molecule has 1 atom stereocenters. The minimum Gasteiger partial charge on any atom is -0.480 e. The van der Waals surface area contributed by atoms with E-state index in [0.717, 1.165) is 10.5 Å². The van der Waals surface area contributed by atoms with Gasteiger partial charge in [-0.15, -0.1) is 0 Å². The molecule has 1 aliphatic heterocycles. The standard InChI is InChI=1S/C24H19ClN2O5S/c25-18-11-15(6-7-16(18)13-28)21-9-8-17(32-21)12-19-22(29)27(24(33)26-19)20(23(30)31)10-14-4-2-1-3-5-14/h1-9,11-12,20,28H,10,13H2,(H,26,33)(H,30,31)/t20-/m0/s1. The molecule has 0 unspecified atom stereocenters. The van der Waals surface area contributed by atoms with Crippen LogP contribution in [0.1, 0.15) is 16.9 Å². The maximum absolute atomic E-state index is 13.0. The quantitative estimate of drug-likeness (QED) is 0.347. The van der Waals surface area contributed by atoms with Gasteiger partial charge >= 0.3 is 5.97 Å². The first-order chi connectivity index (χ1) is 15.9. The van der Waals surface area contributed by atoms with Gasteiger partial charge in [-0.1, -0.05) is 54.1 Å². The number of carbonyl (C=O) groups is 2. The first kappa shape index (κ1) is 22.7. The van der Waals surface area contributed by atoms with Crippen LogP contribution in [0.3, 0.4) is 0 Å². The van der Waals surface area contributed by atoms with Crippen molar-refractivity contribution in [3.63, 3.8) is 0 Å². The number of hydrogen-bond acceptors (Lipinski definition) is 5. The summed E-state index contributed by atoms with van der Waals surface area (Å²) in [6, 6.07) is 16.4. The lowest BCUT2D eigenvalue weighted by atomic mass is 10.0. The van der Waals surface area contributed by atoms with Crippen LogP contribution >= 0.6 is 23.8 Å². The smallest absolute Gasteiger partial charge is 0.327 e. The Morgan fingerprint density at radius 1 is 1.18 bits per heavy atom. The molecule has 168 valence electrons. The highest BCUT2D eigenvalue weighted by Crippen LogP contribution is 2.28. The molecule has 7 nitrogen and oxygen atoms in total. The van der Waals surface area contributed by atoms with Gasteiger partial charge in [-0.3, -0.25) is 9.69 Å². The second-order valence-electron chi connectivity index (χ2n) is 7.37. The Morgan fingerprint density at radius 2 is 1.94 bits per heavy atom. The van der Waals surface area contributed by atoms with Crippen LogP contribution in [-0.2, 0) is 22.6 Å². The van der Waals surface area contributed by atoms with E-state index >= 15 is 0 Å². The van der Waals surface area contributed by atoms with E-state index in [2.05, 4.69) is 5.32 Å². The van der Waals surface area contributed by atoms with Gasteiger partial charge < -0.3 is 19.9 Å². The second-order valence-corrected chi connectivity index (χ2v) is 8.17. The van der Waals surface area contributed by atoms with Gasteiger partial charge in [-0.25, -0.2) is 4.79 Å². The normalized spacial score (nSPS) is 15.7. The summed E-state index contributed by atoms with van der Waals surface area (Å²) in [4.78, 5) is 26.0. The van der Waals surface area contributed by atoms with Gasteiger partial charge in [0.2, 0.25) is 0 Å². The molecule has 1 fully saturated rings. The van der Waals surface area contributed by atoms with Crippen LogP contribution in [0, 0.1) is 0 Å². The number of carboxylic acid groups (broad SMARTS) is 1. The highest BCUT2D eigenvalue weighted by molar-refractivity contribution is 7.80. The van der Waals surface area contributed by atoms with Crippen molar-refractivity contribution in [3.8, 4) is 11.3 Å². The Labute approximate surface area is 199 Å². The number of thiocarbonyl (C=S) groups is 1. The van der Waals surface area contributed by atoms with Crippen molar-refractivity contribution in [2.75, 3.05) is 0 Å². The lowest BCUT2D eigenvalue weighted by Crippen LogP contribution is -2.46. The number of aliphatic hydroxyl groups excluding tert-OH is 1. The molecular weight excluding hydrogens is 464 g/mol. The number of aliphatic carboxylic acids is 1. The number of furan rings is 1. The molecule has 4 rings (SSSR count). The third-order valence-electron chi connectivity index (χ3n) is 5.20. The summed E-state index contributed by atoms with van der Waals surface area (Å²) in [5, 5.41) is 22.2. The minimum absolute atomic E-state index is 0.0211. The van der Waals surface area contributed by atoms with Crippen LogP contribution in [0.4, 0.5) is 0 Å². The molecule has 0 radical (unpaired) electrons. The largest absolute Gasteiger partial charge is 0.480 e. The van der Waals surface area contributed by atoms with Crippen molar-refractivity contribution in [1.29, 1.82) is 0 Å². The van der Waals surface area contributed by atoms with E-state index in [1.54, 1.807) is 54.6 Å². The Balaban J connectivity index is 1.56. The molecule has 0 aliphatic carbocycles. The number of carboxylic acids is 1. The van der Waals surface area contributed by atoms with Crippen LogP contribution < -0.4 is 5.32 Å². The van der Waals surface area contributed by atoms with Gasteiger partial charge in [-0.05, 0) is 41.5 Å². The minimum atomic E-state index is -1.15. The number of hydrogen-bond donors (Lipinski definition) is 3. The number of nitrogens with zero attached hydrogens (tertiary/aromatic N) is 1. The summed E-state index contributed by atoms with van der Waals surface area (Å²) >= 11 is 11.4. The average molecular weight is 483 g/mol. The van der Waals surface area contributed by atoms with E-state index in [4.69, 9.17) is 28.2 Å². The number of nitrogens with one attached hydrogen (secondary N) is 1. The third-order valence-corrected chi connectivity index (χ3v) is 5.85. The van der Waals surface area contributed by atoms with Gasteiger partial charge in [0, 0.05) is 23.1 Å². The summed E-state index contributed by atoms with van der Waals surface area (Å²) < 4.78 is 5.81. The molecule has 0 bridgehead atoms. The van der Waals surface area contributed by atoms with Crippen molar-refractivity contribution in [2.24, 2.45) is 0 Å². The molecule has 1 aromatic heterocycles. The van der Waals surface area contributed by atoms with Crippen molar-refractivity contribution in [2.45, 2.75) is 19.1 Å². The van der Waals surface area contributed by atoms with Gasteiger partial charge in [-0.2, -0.15) is 0 Å². The zero-order chi connectivity index (χ0) is 23.5. The predicted molar refractivity (Wildman–Crippen MR) is 127 cm³/mol.